The van der Waals surface area contributed by atoms with Crippen LogP contribution in [0.3, 0.4) is 0 Å². The molecule has 0 aliphatic heterocycles. The first-order chi connectivity index (χ1) is 9.04. The number of aromatic nitrogens is 1. The Morgan fingerprint density at radius 3 is 2.58 bits per heavy atom. The lowest BCUT2D eigenvalue weighted by Gasteiger charge is -2.07. The number of aryl methyl sites for hydroxylation is 1. The van der Waals surface area contributed by atoms with Gasteiger partial charge in [0, 0.05) is 19.8 Å². The molecule has 0 atom stereocenters. The minimum absolute atomic E-state index is 0.131. The number of nitrogens with zero attached hydrogens (tertiary/aromatic N) is 1. The number of hydrogen-bond acceptors (Lipinski definition) is 4. The Hall–Kier alpha value is -2.31. The van der Waals surface area contributed by atoms with Crippen molar-refractivity contribution >= 4 is 17.8 Å². The van der Waals surface area contributed by atoms with Crippen LogP contribution in [0, 0.1) is 0 Å². The van der Waals surface area contributed by atoms with Gasteiger partial charge in [-0.15, -0.1) is 0 Å². The van der Waals surface area contributed by atoms with E-state index in [9.17, 15) is 14.4 Å². The van der Waals surface area contributed by atoms with Crippen LogP contribution in [0.1, 0.15) is 17.4 Å². The van der Waals surface area contributed by atoms with Crippen LogP contribution in [-0.2, 0) is 21.4 Å². The van der Waals surface area contributed by atoms with Crippen molar-refractivity contribution in [1.82, 2.24) is 15.2 Å². The van der Waals surface area contributed by atoms with E-state index in [1.807, 2.05) is 0 Å². The highest BCUT2D eigenvalue weighted by Crippen LogP contribution is 2.01. The summed E-state index contributed by atoms with van der Waals surface area (Å²) in [5.41, 5.74) is 0.358. The van der Waals surface area contributed by atoms with Crippen LogP contribution in [0.15, 0.2) is 18.3 Å². The van der Waals surface area contributed by atoms with Crippen molar-refractivity contribution in [2.75, 3.05) is 19.7 Å². The zero-order valence-corrected chi connectivity index (χ0v) is 10.9. The molecule has 0 radical (unpaired) electrons. The average Bonchev–Trinajstić information content (AvgIpc) is 2.80. The molecule has 0 aliphatic carbocycles. The summed E-state index contributed by atoms with van der Waals surface area (Å²) in [5, 5.41) is 4.88. The molecular weight excluding hydrogens is 250 g/mol. The summed E-state index contributed by atoms with van der Waals surface area (Å²) in [7, 11) is 1.70. The highest BCUT2D eigenvalue weighted by Gasteiger charge is 2.12. The molecule has 7 heteroatoms. The van der Waals surface area contributed by atoms with Gasteiger partial charge in [-0.2, -0.15) is 0 Å². The van der Waals surface area contributed by atoms with Gasteiger partial charge in [-0.3, -0.25) is 9.59 Å². The molecule has 7 nitrogen and oxygen atoms in total. The number of carbonyl (C=O) groups is 3. The molecule has 0 aromatic carbocycles. The van der Waals surface area contributed by atoms with Crippen LogP contribution >= 0.6 is 0 Å². The summed E-state index contributed by atoms with van der Waals surface area (Å²) < 4.78 is 6.41. The third-order valence-corrected chi connectivity index (χ3v) is 2.31. The van der Waals surface area contributed by atoms with Crippen LogP contribution in [0.2, 0.25) is 0 Å². The first-order valence-corrected chi connectivity index (χ1v) is 5.86. The first-order valence-electron chi connectivity index (χ1n) is 5.86. The van der Waals surface area contributed by atoms with Crippen molar-refractivity contribution in [3.8, 4) is 0 Å². The summed E-state index contributed by atoms with van der Waals surface area (Å²) in [6, 6.07) is 3.29. The van der Waals surface area contributed by atoms with Crippen molar-refractivity contribution in [3.05, 3.63) is 24.0 Å². The van der Waals surface area contributed by atoms with Gasteiger partial charge in [-0.1, -0.05) is 0 Å². The minimum atomic E-state index is -0.583. The van der Waals surface area contributed by atoms with Gasteiger partial charge in [0.2, 0.25) is 5.91 Å². The molecule has 0 unspecified atom stereocenters. The molecule has 0 bridgehead atoms. The maximum atomic E-state index is 11.6. The Morgan fingerprint density at radius 2 is 2.00 bits per heavy atom. The van der Waals surface area contributed by atoms with E-state index in [0.717, 1.165) is 0 Å². The predicted octanol–water partition coefficient (Wildman–Crippen LogP) is -0.566. The fraction of sp³-hybridized carbons (Fsp3) is 0.417. The Labute approximate surface area is 110 Å². The Morgan fingerprint density at radius 1 is 1.26 bits per heavy atom. The molecular formula is C12H17N3O4. The monoisotopic (exact) mass is 267 g/mol. The molecule has 2 amide bonds. The van der Waals surface area contributed by atoms with Crippen LogP contribution in [0.5, 0.6) is 0 Å². The second kappa shape index (κ2) is 7.20. The molecule has 1 aromatic heterocycles. The number of amides is 2. The third-order valence-electron chi connectivity index (χ3n) is 2.31. The molecule has 0 fully saturated rings. The summed E-state index contributed by atoms with van der Waals surface area (Å²) >= 11 is 0. The van der Waals surface area contributed by atoms with E-state index in [2.05, 4.69) is 10.6 Å². The number of rotatable bonds is 6. The summed E-state index contributed by atoms with van der Waals surface area (Å²) in [6.07, 6.45) is 1.70. The van der Waals surface area contributed by atoms with Gasteiger partial charge in [0.05, 0.1) is 6.54 Å². The molecule has 0 aliphatic rings. The molecule has 1 aromatic rings. The zero-order chi connectivity index (χ0) is 14.3. The summed E-state index contributed by atoms with van der Waals surface area (Å²) in [5.74, 6) is -1.39. The van der Waals surface area contributed by atoms with Gasteiger partial charge in [-0.05, 0) is 19.1 Å². The highest BCUT2D eigenvalue weighted by atomic mass is 16.5. The predicted molar refractivity (Wildman–Crippen MR) is 67.4 cm³/mol. The van der Waals surface area contributed by atoms with Gasteiger partial charge < -0.3 is 19.9 Å². The lowest BCUT2D eigenvalue weighted by Crippen LogP contribution is -2.38. The third kappa shape index (κ3) is 4.82. The normalized spacial score (nSPS) is 9.79. The maximum absolute atomic E-state index is 11.6. The number of nitrogens with one attached hydrogen (secondary N) is 2. The number of hydrogen-bond donors (Lipinski definition) is 2. The topological polar surface area (TPSA) is 89.4 Å². The van der Waals surface area contributed by atoms with Crippen LogP contribution < -0.4 is 10.6 Å². The number of ether oxygens (including phenoxy) is 1. The zero-order valence-electron chi connectivity index (χ0n) is 10.9. The molecule has 0 saturated carbocycles. The fourth-order valence-corrected chi connectivity index (χ4v) is 1.37. The second-order valence-electron chi connectivity index (χ2n) is 3.81. The summed E-state index contributed by atoms with van der Waals surface area (Å²) in [4.78, 5) is 34.0. The van der Waals surface area contributed by atoms with E-state index >= 15 is 0 Å². The van der Waals surface area contributed by atoms with Gasteiger partial charge in [0.25, 0.3) is 5.91 Å². The minimum Gasteiger partial charge on any atom is -0.451 e. The van der Waals surface area contributed by atoms with Gasteiger partial charge in [0.15, 0.2) is 6.61 Å². The van der Waals surface area contributed by atoms with Crippen LogP contribution in [0.25, 0.3) is 0 Å². The Balaban J connectivity index is 2.29. The van der Waals surface area contributed by atoms with Gasteiger partial charge >= 0.3 is 5.97 Å². The fourth-order valence-electron chi connectivity index (χ4n) is 1.37. The van der Waals surface area contributed by atoms with Crippen LogP contribution in [-0.4, -0.2) is 42.0 Å². The van der Waals surface area contributed by atoms with Crippen molar-refractivity contribution in [2.24, 2.45) is 7.05 Å². The van der Waals surface area contributed by atoms with Crippen molar-refractivity contribution < 1.29 is 19.1 Å². The lowest BCUT2D eigenvalue weighted by atomic mass is 10.4. The van der Waals surface area contributed by atoms with E-state index in [4.69, 9.17) is 4.74 Å². The van der Waals surface area contributed by atoms with E-state index in [1.54, 1.807) is 36.9 Å². The lowest BCUT2D eigenvalue weighted by molar-refractivity contribution is -0.127. The highest BCUT2D eigenvalue weighted by molar-refractivity contribution is 5.90. The van der Waals surface area contributed by atoms with Gasteiger partial charge in [0.1, 0.15) is 5.69 Å². The molecule has 1 rings (SSSR count). The number of likely N-dealkylation sites (N-methyl/N-ethyl adjacent to an activating group) is 1. The maximum Gasteiger partial charge on any atom is 0.355 e. The Kier molecular flexibility index (Phi) is 5.59. The number of carbonyl (C=O) groups excluding carboxylic acids is 3. The molecule has 0 saturated heterocycles. The quantitative estimate of drug-likeness (QED) is 0.676. The SMILES string of the molecule is CCNC(=O)CNC(=O)COC(=O)c1cccn1C. The molecule has 0 spiro atoms. The smallest absolute Gasteiger partial charge is 0.355 e. The van der Waals surface area contributed by atoms with E-state index in [-0.39, 0.29) is 12.5 Å². The molecule has 2 N–H and O–H groups in total. The van der Waals surface area contributed by atoms with E-state index in [1.165, 1.54) is 0 Å². The summed E-state index contributed by atoms with van der Waals surface area (Å²) in [6.45, 7) is 1.73. The van der Waals surface area contributed by atoms with Crippen LogP contribution in [0.4, 0.5) is 0 Å². The standard InChI is InChI=1S/C12H17N3O4/c1-3-13-10(16)7-14-11(17)8-19-12(18)9-5-4-6-15(9)2/h4-6H,3,7-8H2,1-2H3,(H,13,16)(H,14,17). The largest absolute Gasteiger partial charge is 0.451 e. The van der Waals surface area contributed by atoms with E-state index < -0.39 is 18.5 Å². The molecule has 1 heterocycles. The van der Waals surface area contributed by atoms with Gasteiger partial charge in [-0.25, -0.2) is 4.79 Å². The van der Waals surface area contributed by atoms with Crippen molar-refractivity contribution in [3.63, 3.8) is 0 Å². The molecule has 19 heavy (non-hydrogen) atoms. The second-order valence-corrected chi connectivity index (χ2v) is 3.81. The Bertz CT molecular complexity index is 467. The van der Waals surface area contributed by atoms with Crippen molar-refractivity contribution in [1.29, 1.82) is 0 Å². The average molecular weight is 267 g/mol. The molecule has 104 valence electrons. The van der Waals surface area contributed by atoms with Crippen molar-refractivity contribution in [2.45, 2.75) is 6.92 Å². The van der Waals surface area contributed by atoms with E-state index in [0.29, 0.717) is 12.2 Å². The first kappa shape index (κ1) is 14.7. The number of esters is 1.